The van der Waals surface area contributed by atoms with Gasteiger partial charge in [0, 0.05) is 18.0 Å². The van der Waals surface area contributed by atoms with Gasteiger partial charge in [-0.1, -0.05) is 17.3 Å². The highest BCUT2D eigenvalue weighted by molar-refractivity contribution is 5.28. The van der Waals surface area contributed by atoms with Gasteiger partial charge in [-0.25, -0.2) is 4.39 Å². The van der Waals surface area contributed by atoms with Crippen molar-refractivity contribution in [3.63, 3.8) is 0 Å². The second kappa shape index (κ2) is 5.38. The van der Waals surface area contributed by atoms with Crippen molar-refractivity contribution in [1.29, 1.82) is 0 Å². The van der Waals surface area contributed by atoms with Gasteiger partial charge in [0.25, 0.3) is 0 Å². The lowest BCUT2D eigenvalue weighted by molar-refractivity contribution is 0.120. The van der Waals surface area contributed by atoms with Gasteiger partial charge in [0.15, 0.2) is 5.82 Å². The van der Waals surface area contributed by atoms with Crippen molar-refractivity contribution in [3.05, 3.63) is 47.4 Å². The molecule has 1 aromatic carbocycles. The third-order valence-corrected chi connectivity index (χ3v) is 6.25. The number of halogens is 1. The lowest BCUT2D eigenvalue weighted by atomic mass is 9.76. The van der Waals surface area contributed by atoms with Crippen molar-refractivity contribution < 1.29 is 8.91 Å². The summed E-state index contributed by atoms with van der Waals surface area (Å²) >= 11 is 0. The summed E-state index contributed by atoms with van der Waals surface area (Å²) in [5.41, 5.74) is 1.19. The largest absolute Gasteiger partial charge is 0.339 e. The van der Waals surface area contributed by atoms with E-state index in [-0.39, 0.29) is 11.7 Å². The van der Waals surface area contributed by atoms with Gasteiger partial charge < -0.3 is 4.52 Å². The van der Waals surface area contributed by atoms with E-state index in [1.807, 2.05) is 12.1 Å². The lowest BCUT2D eigenvalue weighted by Gasteiger charge is -2.41. The second-order valence-corrected chi connectivity index (χ2v) is 7.65. The predicted octanol–water partition coefficient (Wildman–Crippen LogP) is 3.82. The van der Waals surface area contributed by atoms with Gasteiger partial charge in [-0.05, 0) is 62.8 Å². The van der Waals surface area contributed by atoms with E-state index in [1.165, 1.54) is 31.2 Å². The number of likely N-dealkylation sites (N-methyl/N-ethyl adjacent to an activating group) is 1. The van der Waals surface area contributed by atoms with Gasteiger partial charge in [0.1, 0.15) is 5.82 Å². The zero-order valence-electron chi connectivity index (χ0n) is 13.9. The molecule has 0 radical (unpaired) electrons. The monoisotopic (exact) mass is 327 g/mol. The van der Waals surface area contributed by atoms with Gasteiger partial charge in [-0.15, -0.1) is 0 Å². The number of aromatic nitrogens is 2. The Labute approximate surface area is 141 Å². The van der Waals surface area contributed by atoms with Crippen molar-refractivity contribution in [2.45, 2.75) is 61.9 Å². The average molecular weight is 327 g/mol. The van der Waals surface area contributed by atoms with Crippen molar-refractivity contribution >= 4 is 0 Å². The molecular formula is C19H22FN3O. The second-order valence-electron chi connectivity index (χ2n) is 7.65. The molecular weight excluding hydrogens is 305 g/mol. The summed E-state index contributed by atoms with van der Waals surface area (Å²) in [6.07, 6.45) is 5.82. The molecule has 0 spiro atoms. The first-order chi connectivity index (χ1) is 11.7. The number of benzene rings is 1. The summed E-state index contributed by atoms with van der Waals surface area (Å²) < 4.78 is 19.1. The molecule has 5 rings (SSSR count). The average Bonchev–Trinajstić information content (AvgIpc) is 3.28. The minimum Gasteiger partial charge on any atom is -0.339 e. The van der Waals surface area contributed by atoms with Crippen LogP contribution in [0.5, 0.6) is 0 Å². The molecule has 4 nitrogen and oxygen atoms in total. The smallest absolute Gasteiger partial charge is 0.231 e. The molecule has 3 aliphatic rings. The number of hydrogen-bond acceptors (Lipinski definition) is 4. The molecule has 126 valence electrons. The highest BCUT2D eigenvalue weighted by Crippen LogP contribution is 2.51. The molecule has 0 unspecified atom stereocenters. The lowest BCUT2D eigenvalue weighted by Crippen LogP contribution is -2.44. The molecule has 0 amide bonds. The Morgan fingerprint density at radius 3 is 2.67 bits per heavy atom. The number of hydrogen-bond donors (Lipinski definition) is 0. The van der Waals surface area contributed by atoms with E-state index in [2.05, 4.69) is 17.1 Å². The van der Waals surface area contributed by atoms with Crippen LogP contribution in [0.3, 0.4) is 0 Å². The summed E-state index contributed by atoms with van der Waals surface area (Å²) in [4.78, 5) is 7.25. The maximum absolute atomic E-state index is 13.4. The topological polar surface area (TPSA) is 42.2 Å². The molecule has 1 saturated carbocycles. The summed E-state index contributed by atoms with van der Waals surface area (Å²) in [6, 6.07) is 8.02. The third-order valence-electron chi connectivity index (χ3n) is 6.25. The minimum absolute atomic E-state index is 0.181. The highest BCUT2D eigenvalue weighted by Gasteiger charge is 2.49. The summed E-state index contributed by atoms with van der Waals surface area (Å²) in [6.45, 7) is 0. The Morgan fingerprint density at radius 1 is 1.12 bits per heavy atom. The van der Waals surface area contributed by atoms with Crippen molar-refractivity contribution in [2.24, 2.45) is 0 Å². The van der Waals surface area contributed by atoms with Crippen LogP contribution in [-0.4, -0.2) is 34.2 Å². The van der Waals surface area contributed by atoms with Crippen LogP contribution in [0.1, 0.15) is 67.1 Å². The van der Waals surface area contributed by atoms with Crippen molar-refractivity contribution in [3.8, 4) is 0 Å². The first-order valence-corrected chi connectivity index (χ1v) is 9.01. The van der Waals surface area contributed by atoms with E-state index in [4.69, 9.17) is 9.51 Å². The van der Waals surface area contributed by atoms with E-state index in [0.29, 0.717) is 23.9 Å². The van der Waals surface area contributed by atoms with Crippen LogP contribution in [0.4, 0.5) is 4.39 Å². The van der Waals surface area contributed by atoms with Crippen molar-refractivity contribution in [1.82, 2.24) is 15.0 Å². The van der Waals surface area contributed by atoms with Crippen LogP contribution in [0, 0.1) is 5.82 Å². The van der Waals surface area contributed by atoms with Crippen LogP contribution in [0.15, 0.2) is 28.8 Å². The Morgan fingerprint density at radius 2 is 1.92 bits per heavy atom. The van der Waals surface area contributed by atoms with Crippen LogP contribution < -0.4 is 0 Å². The molecule has 24 heavy (non-hydrogen) atoms. The molecule has 3 heterocycles. The van der Waals surface area contributed by atoms with Crippen LogP contribution >= 0.6 is 0 Å². The molecule has 4 atom stereocenters. The fraction of sp³-hybridized carbons (Fsp3) is 0.579. The molecule has 2 saturated heterocycles. The standard InChI is InChI=1S/C19H22FN3O/c1-23-14-8-9-16(23)17(19-21-18(22-24-19)12-2-3-12)15(10-14)11-4-6-13(20)7-5-11/h4-7,12,14-17H,2-3,8-10H2,1H3/t14-,15+,16+,17+/m0/s1. The van der Waals surface area contributed by atoms with Gasteiger partial charge in [0.2, 0.25) is 5.89 Å². The molecule has 5 heteroatoms. The number of nitrogens with zero attached hydrogens (tertiary/aromatic N) is 3. The van der Waals surface area contributed by atoms with Crippen LogP contribution in [-0.2, 0) is 0 Å². The fourth-order valence-electron chi connectivity index (χ4n) is 4.75. The molecule has 1 aromatic heterocycles. The van der Waals surface area contributed by atoms with E-state index in [0.717, 1.165) is 18.1 Å². The van der Waals surface area contributed by atoms with E-state index in [9.17, 15) is 4.39 Å². The van der Waals surface area contributed by atoms with Crippen LogP contribution in [0.2, 0.25) is 0 Å². The SMILES string of the molecule is CN1[C@H]2CC[C@@H]1[C@H](c1nc(C3CC3)no1)[C@@H](c1ccc(F)cc1)C2. The van der Waals surface area contributed by atoms with Gasteiger partial charge in [-0.3, -0.25) is 4.90 Å². The number of rotatable bonds is 3. The first-order valence-electron chi connectivity index (χ1n) is 9.01. The number of piperidine rings is 1. The van der Waals surface area contributed by atoms with E-state index < -0.39 is 0 Å². The number of fused-ring (bicyclic) bond motifs is 2. The quantitative estimate of drug-likeness (QED) is 0.859. The maximum atomic E-state index is 13.4. The van der Waals surface area contributed by atoms with E-state index >= 15 is 0 Å². The predicted molar refractivity (Wildman–Crippen MR) is 87.3 cm³/mol. The summed E-state index contributed by atoms with van der Waals surface area (Å²) in [5, 5.41) is 4.24. The van der Waals surface area contributed by atoms with Crippen LogP contribution in [0.25, 0.3) is 0 Å². The first kappa shape index (κ1) is 14.6. The third kappa shape index (κ3) is 2.29. The minimum atomic E-state index is -0.181. The molecule has 2 aliphatic heterocycles. The molecule has 2 bridgehead atoms. The maximum Gasteiger partial charge on any atom is 0.231 e. The van der Waals surface area contributed by atoms with Gasteiger partial charge in [0.05, 0.1) is 5.92 Å². The molecule has 3 fully saturated rings. The van der Waals surface area contributed by atoms with E-state index in [1.54, 1.807) is 12.1 Å². The van der Waals surface area contributed by atoms with Crippen molar-refractivity contribution in [2.75, 3.05) is 7.05 Å². The Kier molecular flexibility index (Phi) is 3.27. The zero-order chi connectivity index (χ0) is 16.3. The highest BCUT2D eigenvalue weighted by atomic mass is 19.1. The zero-order valence-corrected chi connectivity index (χ0v) is 13.9. The Balaban J connectivity index is 1.54. The normalized spacial score (nSPS) is 33.1. The fourth-order valence-corrected chi connectivity index (χ4v) is 4.75. The van der Waals surface area contributed by atoms with Gasteiger partial charge >= 0.3 is 0 Å². The van der Waals surface area contributed by atoms with Gasteiger partial charge in [-0.2, -0.15) is 4.98 Å². The molecule has 1 aliphatic carbocycles. The Hall–Kier alpha value is -1.75. The Bertz CT molecular complexity index is 739. The summed E-state index contributed by atoms with van der Waals surface area (Å²) in [5.74, 6) is 2.52. The molecule has 0 N–H and O–H groups in total. The molecule has 2 aromatic rings. The summed E-state index contributed by atoms with van der Waals surface area (Å²) in [7, 11) is 2.22.